The Morgan fingerprint density at radius 1 is 1.10 bits per heavy atom. The van der Waals surface area contributed by atoms with Crippen molar-refractivity contribution < 1.29 is 22.7 Å². The van der Waals surface area contributed by atoms with Gasteiger partial charge in [-0.15, -0.1) is 0 Å². The highest BCUT2D eigenvalue weighted by molar-refractivity contribution is 5.97. The van der Waals surface area contributed by atoms with E-state index in [0.29, 0.717) is 44.3 Å². The summed E-state index contributed by atoms with van der Waals surface area (Å²) < 4.78 is 45.3. The van der Waals surface area contributed by atoms with Crippen LogP contribution in [0.5, 0.6) is 5.88 Å². The maximum atomic E-state index is 13.2. The second-order valence-electron chi connectivity index (χ2n) is 8.43. The monoisotopic (exact) mass is 432 g/mol. The zero-order valence-electron chi connectivity index (χ0n) is 16.9. The fourth-order valence-electron chi connectivity index (χ4n) is 4.43. The topological polar surface area (TPSA) is 58.6 Å². The number of halogens is 3. The molecular formula is C22H23F3N4O2. The average Bonchev–Trinajstić information content (AvgIpc) is 3.54. The van der Waals surface area contributed by atoms with Crippen molar-refractivity contribution in [1.29, 1.82) is 0 Å². The van der Waals surface area contributed by atoms with Crippen molar-refractivity contribution in [2.75, 3.05) is 24.5 Å². The molecule has 164 valence electrons. The number of carbonyl (C=O) groups is 1. The molecule has 3 aliphatic rings. The number of ether oxygens (including phenoxy) is 1. The minimum absolute atomic E-state index is 0.182. The number of hydrogen-bond acceptors (Lipinski definition) is 5. The van der Waals surface area contributed by atoms with E-state index in [1.165, 1.54) is 11.0 Å². The molecule has 1 aromatic heterocycles. The molecule has 0 spiro atoms. The van der Waals surface area contributed by atoms with E-state index in [4.69, 9.17) is 4.74 Å². The molecule has 1 aromatic carbocycles. The third-order valence-electron chi connectivity index (χ3n) is 6.16. The van der Waals surface area contributed by atoms with Crippen molar-refractivity contribution >= 4 is 11.6 Å². The summed E-state index contributed by atoms with van der Waals surface area (Å²) in [4.78, 5) is 25.5. The van der Waals surface area contributed by atoms with Gasteiger partial charge in [0.15, 0.2) is 0 Å². The van der Waals surface area contributed by atoms with Crippen molar-refractivity contribution in [3.8, 4) is 5.88 Å². The van der Waals surface area contributed by atoms with Crippen molar-refractivity contribution in [2.45, 2.75) is 49.9 Å². The molecule has 1 saturated carbocycles. The Morgan fingerprint density at radius 2 is 1.94 bits per heavy atom. The SMILES string of the molecule is O=C1[C@@H]2C[C@H](Oc3cnc(C4CC4)cn3)CN2CCCN1c1cccc(C(F)(F)F)c1. The molecule has 9 heteroatoms. The average molecular weight is 432 g/mol. The van der Waals surface area contributed by atoms with E-state index in [0.717, 1.165) is 30.7 Å². The maximum absolute atomic E-state index is 13.2. The Morgan fingerprint density at radius 3 is 2.65 bits per heavy atom. The number of hydrogen-bond donors (Lipinski definition) is 0. The number of anilines is 1. The van der Waals surface area contributed by atoms with Crippen molar-refractivity contribution in [2.24, 2.45) is 0 Å². The molecule has 2 aliphatic heterocycles. The molecule has 31 heavy (non-hydrogen) atoms. The van der Waals surface area contributed by atoms with E-state index in [2.05, 4.69) is 14.9 Å². The van der Waals surface area contributed by atoms with Crippen molar-refractivity contribution in [3.63, 3.8) is 0 Å². The molecule has 2 saturated heterocycles. The van der Waals surface area contributed by atoms with Crippen LogP contribution in [0.4, 0.5) is 18.9 Å². The summed E-state index contributed by atoms with van der Waals surface area (Å²) in [6.45, 7) is 1.67. The molecule has 1 aliphatic carbocycles. The van der Waals surface area contributed by atoms with E-state index < -0.39 is 17.8 Å². The minimum Gasteiger partial charge on any atom is -0.472 e. The van der Waals surface area contributed by atoms with Crippen LogP contribution in [0, 0.1) is 0 Å². The molecule has 0 N–H and O–H groups in total. The Balaban J connectivity index is 1.29. The first-order chi connectivity index (χ1) is 14.9. The fraction of sp³-hybridized carbons (Fsp3) is 0.500. The van der Waals surface area contributed by atoms with Crippen LogP contribution in [0.25, 0.3) is 0 Å². The molecule has 6 nitrogen and oxygen atoms in total. The highest BCUT2D eigenvalue weighted by Gasteiger charge is 2.42. The summed E-state index contributed by atoms with van der Waals surface area (Å²) in [5.74, 6) is 0.776. The summed E-state index contributed by atoms with van der Waals surface area (Å²) in [5, 5.41) is 0. The molecule has 0 bridgehead atoms. The molecule has 3 heterocycles. The lowest BCUT2D eigenvalue weighted by molar-refractivity contribution is -0.137. The first-order valence-corrected chi connectivity index (χ1v) is 10.6. The Labute approximate surface area is 178 Å². The molecular weight excluding hydrogens is 409 g/mol. The lowest BCUT2D eigenvalue weighted by Gasteiger charge is -2.25. The summed E-state index contributed by atoms with van der Waals surface area (Å²) >= 11 is 0. The van der Waals surface area contributed by atoms with Gasteiger partial charge >= 0.3 is 6.18 Å². The van der Waals surface area contributed by atoms with Crippen LogP contribution >= 0.6 is 0 Å². The van der Waals surface area contributed by atoms with E-state index in [1.54, 1.807) is 18.5 Å². The van der Waals surface area contributed by atoms with Gasteiger partial charge in [0.05, 0.1) is 29.7 Å². The zero-order valence-corrected chi connectivity index (χ0v) is 16.9. The van der Waals surface area contributed by atoms with Crippen molar-refractivity contribution in [3.05, 3.63) is 47.9 Å². The highest BCUT2D eigenvalue weighted by Crippen LogP contribution is 2.39. The van der Waals surface area contributed by atoms with Gasteiger partial charge in [-0.05, 0) is 37.5 Å². The van der Waals surface area contributed by atoms with Gasteiger partial charge in [0, 0.05) is 37.7 Å². The lowest BCUT2D eigenvalue weighted by atomic mass is 10.1. The molecule has 1 amide bonds. The fourth-order valence-corrected chi connectivity index (χ4v) is 4.43. The maximum Gasteiger partial charge on any atom is 0.416 e. The number of rotatable bonds is 4. The second-order valence-corrected chi connectivity index (χ2v) is 8.43. The van der Waals surface area contributed by atoms with Crippen LogP contribution in [0.1, 0.15) is 42.9 Å². The van der Waals surface area contributed by atoms with Gasteiger partial charge in [-0.3, -0.25) is 14.7 Å². The van der Waals surface area contributed by atoms with Gasteiger partial charge in [0.1, 0.15) is 6.10 Å². The number of alkyl halides is 3. The molecule has 3 fully saturated rings. The van der Waals surface area contributed by atoms with E-state index in [1.807, 2.05) is 0 Å². The number of amides is 1. The zero-order chi connectivity index (χ0) is 21.6. The number of benzene rings is 1. The molecule has 2 aromatic rings. The van der Waals surface area contributed by atoms with Crippen LogP contribution in [0.3, 0.4) is 0 Å². The predicted molar refractivity (Wildman–Crippen MR) is 107 cm³/mol. The van der Waals surface area contributed by atoms with E-state index in [9.17, 15) is 18.0 Å². The molecule has 0 unspecified atom stereocenters. The summed E-state index contributed by atoms with van der Waals surface area (Å²) in [6.07, 6.45) is 2.18. The van der Waals surface area contributed by atoms with Crippen LogP contribution in [-0.2, 0) is 11.0 Å². The first kappa shape index (κ1) is 20.2. The standard InChI is InChI=1S/C22H23F3N4O2/c23-22(24,25)15-3-1-4-16(9-15)29-8-2-7-28-13-17(10-19(28)21(29)30)31-20-12-26-18(11-27-20)14-5-6-14/h1,3-4,9,11-12,14,17,19H,2,5-8,10,13H2/t17-,19-/m0/s1. The van der Waals surface area contributed by atoms with Crippen LogP contribution in [-0.4, -0.2) is 52.6 Å². The molecule has 0 radical (unpaired) electrons. The summed E-state index contributed by atoms with van der Waals surface area (Å²) in [6, 6.07) is 4.56. The Hall–Kier alpha value is -2.68. The van der Waals surface area contributed by atoms with Gasteiger partial charge in [0.2, 0.25) is 11.8 Å². The van der Waals surface area contributed by atoms with Gasteiger partial charge in [-0.2, -0.15) is 13.2 Å². The first-order valence-electron chi connectivity index (χ1n) is 10.6. The van der Waals surface area contributed by atoms with Gasteiger partial charge in [0.25, 0.3) is 0 Å². The predicted octanol–water partition coefficient (Wildman–Crippen LogP) is 3.63. The van der Waals surface area contributed by atoms with Crippen molar-refractivity contribution in [1.82, 2.24) is 14.9 Å². The number of nitrogens with zero attached hydrogens (tertiary/aromatic N) is 4. The second kappa shape index (κ2) is 7.78. The number of carbonyl (C=O) groups excluding carboxylic acids is 1. The highest BCUT2D eigenvalue weighted by atomic mass is 19.4. The summed E-state index contributed by atoms with van der Waals surface area (Å²) in [7, 11) is 0. The minimum atomic E-state index is -4.45. The summed E-state index contributed by atoms with van der Waals surface area (Å²) in [5.41, 5.74) is 0.520. The largest absolute Gasteiger partial charge is 0.472 e. The van der Waals surface area contributed by atoms with Gasteiger partial charge in [-0.1, -0.05) is 6.07 Å². The van der Waals surface area contributed by atoms with Crippen LogP contribution in [0.2, 0.25) is 0 Å². The Kier molecular flexibility index (Phi) is 5.08. The molecule has 2 atom stereocenters. The lowest BCUT2D eigenvalue weighted by Crippen LogP contribution is -2.42. The number of aromatic nitrogens is 2. The van der Waals surface area contributed by atoms with Gasteiger partial charge in [-0.25, -0.2) is 4.98 Å². The quantitative estimate of drug-likeness (QED) is 0.739. The van der Waals surface area contributed by atoms with E-state index in [-0.39, 0.29) is 17.7 Å². The van der Waals surface area contributed by atoms with E-state index >= 15 is 0 Å². The van der Waals surface area contributed by atoms with Crippen LogP contribution < -0.4 is 9.64 Å². The molecule has 5 rings (SSSR count). The normalized spacial score (nSPS) is 24.7. The number of fused-ring (bicyclic) bond motifs is 1. The third-order valence-corrected chi connectivity index (χ3v) is 6.16. The smallest absolute Gasteiger partial charge is 0.416 e. The van der Waals surface area contributed by atoms with Gasteiger partial charge < -0.3 is 9.64 Å². The third kappa shape index (κ3) is 4.23. The van der Waals surface area contributed by atoms with Crippen LogP contribution in [0.15, 0.2) is 36.7 Å². The Bertz CT molecular complexity index is 962.